The number of likely N-dealkylation sites (tertiary alicyclic amines) is 1. The van der Waals surface area contributed by atoms with E-state index in [-0.39, 0.29) is 12.4 Å². The molecule has 1 aliphatic heterocycles. The maximum absolute atomic E-state index is 9.88. The second-order valence-corrected chi connectivity index (χ2v) is 4.84. The van der Waals surface area contributed by atoms with Crippen LogP contribution in [0.4, 0.5) is 0 Å². The molecule has 0 atom stereocenters. The van der Waals surface area contributed by atoms with Crippen LogP contribution < -0.4 is 5.73 Å². The summed E-state index contributed by atoms with van der Waals surface area (Å²) in [6.07, 6.45) is 4.79. The van der Waals surface area contributed by atoms with Crippen molar-refractivity contribution < 1.29 is 5.11 Å². The zero-order chi connectivity index (χ0) is 12.1. The molecule has 1 aliphatic rings. The number of rotatable bonds is 4. The van der Waals surface area contributed by atoms with Crippen LogP contribution in [0.5, 0.6) is 5.75 Å². The highest BCUT2D eigenvalue weighted by Crippen LogP contribution is 2.22. The van der Waals surface area contributed by atoms with Gasteiger partial charge in [0.1, 0.15) is 5.75 Å². The molecule has 0 amide bonds. The van der Waals surface area contributed by atoms with E-state index in [1.54, 1.807) is 6.07 Å². The Labute approximate surface area is 115 Å². The van der Waals surface area contributed by atoms with Crippen molar-refractivity contribution in [2.24, 2.45) is 5.73 Å². The second-order valence-electron chi connectivity index (χ2n) is 4.84. The fourth-order valence-electron chi connectivity index (χ4n) is 2.45. The van der Waals surface area contributed by atoms with Gasteiger partial charge in [-0.05, 0) is 50.5 Å². The lowest BCUT2D eigenvalue weighted by atomic mass is 10.1. The van der Waals surface area contributed by atoms with E-state index in [9.17, 15) is 5.11 Å². The van der Waals surface area contributed by atoms with Crippen LogP contribution in [0.2, 0.25) is 0 Å². The van der Waals surface area contributed by atoms with Crippen LogP contribution >= 0.6 is 12.4 Å². The molecular formula is C14H23ClN2O. The number of hydrogen-bond acceptors (Lipinski definition) is 3. The average molecular weight is 271 g/mol. The Morgan fingerprint density at radius 2 is 1.89 bits per heavy atom. The molecular weight excluding hydrogens is 248 g/mol. The van der Waals surface area contributed by atoms with Gasteiger partial charge >= 0.3 is 0 Å². The number of phenols is 1. The van der Waals surface area contributed by atoms with E-state index in [0.717, 1.165) is 31.6 Å². The zero-order valence-electron chi connectivity index (χ0n) is 10.8. The van der Waals surface area contributed by atoms with Crippen LogP contribution in [0.1, 0.15) is 30.4 Å². The summed E-state index contributed by atoms with van der Waals surface area (Å²) < 4.78 is 0. The largest absolute Gasteiger partial charge is 0.508 e. The highest BCUT2D eigenvalue weighted by atomic mass is 35.5. The third kappa shape index (κ3) is 4.16. The molecule has 3 nitrogen and oxygen atoms in total. The molecule has 0 bridgehead atoms. The third-order valence-corrected chi connectivity index (χ3v) is 3.42. The predicted octanol–water partition coefficient (Wildman–Crippen LogP) is 2.30. The van der Waals surface area contributed by atoms with Gasteiger partial charge in [0, 0.05) is 12.1 Å². The SMILES string of the molecule is Cl.NCCc1ccc(O)c(CN2CCCCC2)c1. The summed E-state index contributed by atoms with van der Waals surface area (Å²) in [5.41, 5.74) is 7.82. The maximum atomic E-state index is 9.88. The van der Waals surface area contributed by atoms with Gasteiger partial charge in [-0.25, -0.2) is 0 Å². The Kier molecular flexibility index (Phi) is 6.47. The van der Waals surface area contributed by atoms with E-state index in [1.165, 1.54) is 24.8 Å². The standard InChI is InChI=1S/C14H22N2O.ClH/c15-7-6-12-4-5-14(17)13(10-12)11-16-8-2-1-3-9-16;/h4-5,10,17H,1-3,6-9,11,15H2;1H. The van der Waals surface area contributed by atoms with Crippen molar-refractivity contribution in [1.82, 2.24) is 4.90 Å². The van der Waals surface area contributed by atoms with Gasteiger partial charge < -0.3 is 10.8 Å². The first kappa shape index (κ1) is 15.3. The lowest BCUT2D eigenvalue weighted by Gasteiger charge is -2.26. The van der Waals surface area contributed by atoms with Gasteiger partial charge in [-0.3, -0.25) is 4.90 Å². The number of nitrogens with two attached hydrogens (primary N) is 1. The molecule has 0 aliphatic carbocycles. The predicted molar refractivity (Wildman–Crippen MR) is 77.2 cm³/mol. The van der Waals surface area contributed by atoms with Gasteiger partial charge in [0.15, 0.2) is 0 Å². The monoisotopic (exact) mass is 270 g/mol. The number of halogens is 1. The molecule has 1 fully saturated rings. The normalized spacial score (nSPS) is 16.3. The first-order valence-electron chi connectivity index (χ1n) is 6.53. The number of benzene rings is 1. The molecule has 0 unspecified atom stereocenters. The fourth-order valence-corrected chi connectivity index (χ4v) is 2.45. The Bertz CT molecular complexity index is 365. The molecule has 102 valence electrons. The Hall–Kier alpha value is -0.770. The first-order valence-corrected chi connectivity index (χ1v) is 6.53. The quantitative estimate of drug-likeness (QED) is 0.883. The van der Waals surface area contributed by atoms with Crippen LogP contribution in [0.3, 0.4) is 0 Å². The third-order valence-electron chi connectivity index (χ3n) is 3.42. The van der Waals surface area contributed by atoms with Gasteiger partial charge in [-0.1, -0.05) is 18.6 Å². The van der Waals surface area contributed by atoms with Crippen molar-refractivity contribution in [3.63, 3.8) is 0 Å². The summed E-state index contributed by atoms with van der Waals surface area (Å²) in [6, 6.07) is 5.85. The van der Waals surface area contributed by atoms with Crippen LogP contribution in [0, 0.1) is 0 Å². The first-order chi connectivity index (χ1) is 8.29. The summed E-state index contributed by atoms with van der Waals surface area (Å²) in [5, 5.41) is 9.88. The second kappa shape index (κ2) is 7.62. The number of phenolic OH excluding ortho intramolecular Hbond substituents is 1. The summed E-state index contributed by atoms with van der Waals surface area (Å²) in [7, 11) is 0. The van der Waals surface area contributed by atoms with E-state index in [1.807, 2.05) is 6.07 Å². The van der Waals surface area contributed by atoms with Crippen molar-refractivity contribution in [3.8, 4) is 5.75 Å². The van der Waals surface area contributed by atoms with Crippen LogP contribution in [0.25, 0.3) is 0 Å². The molecule has 1 aromatic rings. The van der Waals surface area contributed by atoms with Crippen molar-refractivity contribution in [2.75, 3.05) is 19.6 Å². The minimum atomic E-state index is 0. The molecule has 4 heteroatoms. The van der Waals surface area contributed by atoms with E-state index in [4.69, 9.17) is 5.73 Å². The summed E-state index contributed by atoms with van der Waals surface area (Å²) in [5.74, 6) is 0.413. The van der Waals surface area contributed by atoms with Crippen molar-refractivity contribution in [1.29, 1.82) is 0 Å². The lowest BCUT2D eigenvalue weighted by Crippen LogP contribution is -2.29. The molecule has 0 spiro atoms. The molecule has 0 aromatic heterocycles. The molecule has 1 aromatic carbocycles. The summed E-state index contributed by atoms with van der Waals surface area (Å²) in [4.78, 5) is 2.42. The highest BCUT2D eigenvalue weighted by molar-refractivity contribution is 5.85. The van der Waals surface area contributed by atoms with Crippen molar-refractivity contribution >= 4 is 12.4 Å². The highest BCUT2D eigenvalue weighted by Gasteiger charge is 2.12. The summed E-state index contributed by atoms with van der Waals surface area (Å²) in [6.45, 7) is 3.83. The maximum Gasteiger partial charge on any atom is 0.120 e. The zero-order valence-corrected chi connectivity index (χ0v) is 11.6. The summed E-state index contributed by atoms with van der Waals surface area (Å²) >= 11 is 0. The fraction of sp³-hybridized carbons (Fsp3) is 0.571. The molecule has 1 heterocycles. The Morgan fingerprint density at radius 1 is 1.17 bits per heavy atom. The molecule has 18 heavy (non-hydrogen) atoms. The molecule has 3 N–H and O–H groups in total. The minimum Gasteiger partial charge on any atom is -0.508 e. The van der Waals surface area contributed by atoms with Gasteiger partial charge in [0.25, 0.3) is 0 Å². The van der Waals surface area contributed by atoms with Gasteiger partial charge in [0.05, 0.1) is 0 Å². The van der Waals surface area contributed by atoms with E-state index >= 15 is 0 Å². The van der Waals surface area contributed by atoms with Crippen LogP contribution in [0.15, 0.2) is 18.2 Å². The average Bonchev–Trinajstić information content (AvgIpc) is 2.35. The van der Waals surface area contributed by atoms with Crippen LogP contribution in [-0.4, -0.2) is 29.6 Å². The van der Waals surface area contributed by atoms with Gasteiger partial charge in [-0.15, -0.1) is 12.4 Å². The van der Waals surface area contributed by atoms with Crippen LogP contribution in [-0.2, 0) is 13.0 Å². The van der Waals surface area contributed by atoms with E-state index in [0.29, 0.717) is 12.3 Å². The van der Waals surface area contributed by atoms with E-state index in [2.05, 4.69) is 11.0 Å². The number of hydrogen-bond donors (Lipinski definition) is 2. The topological polar surface area (TPSA) is 49.5 Å². The lowest BCUT2D eigenvalue weighted by molar-refractivity contribution is 0.218. The van der Waals surface area contributed by atoms with Gasteiger partial charge in [-0.2, -0.15) is 0 Å². The van der Waals surface area contributed by atoms with Crippen molar-refractivity contribution in [2.45, 2.75) is 32.2 Å². The molecule has 0 radical (unpaired) electrons. The van der Waals surface area contributed by atoms with Gasteiger partial charge in [0.2, 0.25) is 0 Å². The van der Waals surface area contributed by atoms with Crippen molar-refractivity contribution in [3.05, 3.63) is 29.3 Å². The Morgan fingerprint density at radius 3 is 2.56 bits per heavy atom. The smallest absolute Gasteiger partial charge is 0.120 e. The minimum absolute atomic E-state index is 0. The van der Waals surface area contributed by atoms with E-state index < -0.39 is 0 Å². The molecule has 2 rings (SSSR count). The molecule has 1 saturated heterocycles. The Balaban J connectivity index is 0.00000162. The number of nitrogens with zero attached hydrogens (tertiary/aromatic N) is 1. The molecule has 0 saturated carbocycles. The number of aromatic hydroxyl groups is 1. The number of piperidine rings is 1.